The molecule has 2 fully saturated rings. The zero-order valence-corrected chi connectivity index (χ0v) is 15.3. The number of carbonyl (C=O) groups is 1. The van der Waals surface area contributed by atoms with Crippen molar-refractivity contribution in [2.24, 2.45) is 5.92 Å². The maximum atomic E-state index is 12.9. The Morgan fingerprint density at radius 2 is 2.04 bits per heavy atom. The van der Waals surface area contributed by atoms with Crippen LogP contribution in [0.25, 0.3) is 0 Å². The monoisotopic (exact) mass is 342 g/mol. The van der Waals surface area contributed by atoms with Crippen LogP contribution in [0.1, 0.15) is 61.8 Å². The second kappa shape index (κ2) is 7.36. The van der Waals surface area contributed by atoms with E-state index in [0.717, 1.165) is 39.0 Å². The lowest BCUT2D eigenvalue weighted by atomic mass is 9.89. The van der Waals surface area contributed by atoms with Gasteiger partial charge in [-0.3, -0.25) is 0 Å². The van der Waals surface area contributed by atoms with E-state index >= 15 is 0 Å². The fourth-order valence-electron chi connectivity index (χ4n) is 4.16. The normalized spacial score (nSPS) is 23.8. The third kappa shape index (κ3) is 4.00. The average Bonchev–Trinajstić information content (AvgIpc) is 3.34. The smallest absolute Gasteiger partial charge is 0.318 e. The van der Waals surface area contributed by atoms with Gasteiger partial charge in [0, 0.05) is 25.1 Å². The molecule has 1 saturated carbocycles. The number of aryl methyl sites for hydroxylation is 2. The molecule has 2 unspecified atom stereocenters. The van der Waals surface area contributed by atoms with Crippen LogP contribution in [0, 0.1) is 5.92 Å². The minimum absolute atomic E-state index is 0.0563. The van der Waals surface area contributed by atoms with Gasteiger partial charge >= 0.3 is 6.03 Å². The topological polar surface area (TPSA) is 41.6 Å². The Kier molecular flexibility index (Phi) is 4.98. The van der Waals surface area contributed by atoms with Crippen LogP contribution in [0.2, 0.25) is 0 Å². The lowest BCUT2D eigenvalue weighted by molar-refractivity contribution is 0.160. The molecule has 3 aliphatic rings. The first-order valence-electron chi connectivity index (χ1n) is 9.97. The van der Waals surface area contributed by atoms with Crippen molar-refractivity contribution in [3.8, 4) is 0 Å². The molecule has 1 N–H and O–H groups in total. The quantitative estimate of drug-likeness (QED) is 0.883. The van der Waals surface area contributed by atoms with Crippen LogP contribution in [0.5, 0.6) is 0 Å². The molecule has 1 aromatic carbocycles. The molecule has 0 aromatic heterocycles. The Bertz CT molecular complexity index is 620. The summed E-state index contributed by atoms with van der Waals surface area (Å²) in [5.74, 6) is 0.505. The fourth-order valence-corrected chi connectivity index (χ4v) is 4.16. The number of hydrogen-bond donors (Lipinski definition) is 1. The number of ether oxygens (including phenoxy) is 1. The van der Waals surface area contributed by atoms with Gasteiger partial charge in [-0.2, -0.15) is 0 Å². The van der Waals surface area contributed by atoms with Crippen LogP contribution in [-0.4, -0.2) is 36.7 Å². The summed E-state index contributed by atoms with van der Waals surface area (Å²) in [5, 5.41) is 3.24. The Labute approximate surface area is 150 Å². The second-order valence-corrected chi connectivity index (χ2v) is 8.02. The zero-order valence-electron chi connectivity index (χ0n) is 15.3. The van der Waals surface area contributed by atoms with Crippen LogP contribution in [0.4, 0.5) is 4.79 Å². The van der Waals surface area contributed by atoms with Gasteiger partial charge < -0.3 is 15.0 Å². The molecule has 4 heteroatoms. The predicted octanol–water partition coefficient (Wildman–Crippen LogP) is 3.84. The molecule has 1 aliphatic heterocycles. The molecular formula is C21H30N2O2. The summed E-state index contributed by atoms with van der Waals surface area (Å²) in [6, 6.07) is 7.37. The van der Waals surface area contributed by atoms with E-state index in [1.54, 1.807) is 0 Å². The van der Waals surface area contributed by atoms with Crippen molar-refractivity contribution in [3.05, 3.63) is 34.9 Å². The van der Waals surface area contributed by atoms with Crippen LogP contribution in [0.15, 0.2) is 18.2 Å². The number of carbonyl (C=O) groups excluding carboxylic acids is 1. The Morgan fingerprint density at radius 3 is 2.76 bits per heavy atom. The average molecular weight is 342 g/mol. The van der Waals surface area contributed by atoms with Gasteiger partial charge in [-0.1, -0.05) is 18.2 Å². The number of rotatable bonds is 5. The highest BCUT2D eigenvalue weighted by atomic mass is 16.5. The molecule has 0 radical (unpaired) electrons. The Morgan fingerprint density at radius 1 is 1.24 bits per heavy atom. The molecule has 0 bridgehead atoms. The summed E-state index contributed by atoms with van der Waals surface area (Å²) in [4.78, 5) is 14.9. The Hall–Kier alpha value is -1.55. The fraction of sp³-hybridized carbons (Fsp3) is 0.667. The van der Waals surface area contributed by atoms with E-state index in [0.29, 0.717) is 12.0 Å². The van der Waals surface area contributed by atoms with E-state index in [4.69, 9.17) is 4.74 Å². The van der Waals surface area contributed by atoms with Crippen LogP contribution < -0.4 is 5.32 Å². The maximum absolute atomic E-state index is 12.9. The maximum Gasteiger partial charge on any atom is 0.318 e. The highest BCUT2D eigenvalue weighted by Crippen LogP contribution is 2.30. The molecule has 1 heterocycles. The molecule has 4 nitrogen and oxygen atoms in total. The van der Waals surface area contributed by atoms with E-state index in [1.807, 2.05) is 0 Å². The molecular weight excluding hydrogens is 312 g/mol. The van der Waals surface area contributed by atoms with Crippen LogP contribution in [0.3, 0.4) is 0 Å². The van der Waals surface area contributed by atoms with Gasteiger partial charge in [0.1, 0.15) is 0 Å². The third-order valence-electron chi connectivity index (χ3n) is 5.94. The summed E-state index contributed by atoms with van der Waals surface area (Å²) >= 11 is 0. The predicted molar refractivity (Wildman–Crippen MR) is 98.7 cm³/mol. The molecule has 2 atom stereocenters. The van der Waals surface area contributed by atoms with E-state index in [1.165, 1.54) is 42.4 Å². The lowest BCUT2D eigenvalue weighted by Gasteiger charge is -2.28. The van der Waals surface area contributed by atoms with Gasteiger partial charge in [-0.05, 0) is 68.6 Å². The van der Waals surface area contributed by atoms with Gasteiger partial charge in [-0.25, -0.2) is 4.79 Å². The van der Waals surface area contributed by atoms with Gasteiger partial charge in [0.05, 0.1) is 12.6 Å². The number of nitrogens with one attached hydrogen (secondary N) is 1. The summed E-state index contributed by atoms with van der Waals surface area (Å²) < 4.78 is 5.48. The van der Waals surface area contributed by atoms with Crippen molar-refractivity contribution in [3.63, 3.8) is 0 Å². The summed E-state index contributed by atoms with van der Waals surface area (Å²) in [6.45, 7) is 4.59. The van der Waals surface area contributed by atoms with Crippen LogP contribution >= 0.6 is 0 Å². The summed E-state index contributed by atoms with van der Waals surface area (Å²) in [5.41, 5.74) is 4.20. The first kappa shape index (κ1) is 16.9. The molecule has 25 heavy (non-hydrogen) atoms. The van der Waals surface area contributed by atoms with E-state index in [2.05, 4.69) is 35.3 Å². The second-order valence-electron chi connectivity index (χ2n) is 8.02. The third-order valence-corrected chi connectivity index (χ3v) is 5.94. The molecule has 2 amide bonds. The number of fused-ring (bicyclic) bond motifs is 1. The number of urea groups is 1. The van der Waals surface area contributed by atoms with Crippen molar-refractivity contribution in [1.29, 1.82) is 0 Å². The van der Waals surface area contributed by atoms with Gasteiger partial charge in [0.25, 0.3) is 0 Å². The van der Waals surface area contributed by atoms with Crippen LogP contribution in [-0.2, 0) is 17.6 Å². The van der Waals surface area contributed by atoms with Gasteiger partial charge in [-0.15, -0.1) is 0 Å². The van der Waals surface area contributed by atoms with Crippen molar-refractivity contribution < 1.29 is 9.53 Å². The SMILES string of the molecule is CC(NC(=O)N(CC1CCOC1)C1CC1)c1ccc2c(c1)CCCC2. The minimum atomic E-state index is 0.0563. The number of benzene rings is 1. The van der Waals surface area contributed by atoms with E-state index in [-0.39, 0.29) is 12.1 Å². The van der Waals surface area contributed by atoms with Crippen molar-refractivity contribution in [2.75, 3.05) is 19.8 Å². The molecule has 1 aromatic rings. The highest BCUT2D eigenvalue weighted by Gasteiger charge is 2.35. The zero-order chi connectivity index (χ0) is 17.2. The number of hydrogen-bond acceptors (Lipinski definition) is 2. The largest absolute Gasteiger partial charge is 0.381 e. The molecule has 2 aliphatic carbocycles. The summed E-state index contributed by atoms with van der Waals surface area (Å²) in [6.07, 6.45) is 8.35. The molecule has 1 saturated heterocycles. The van der Waals surface area contributed by atoms with Gasteiger partial charge in [0.15, 0.2) is 0 Å². The van der Waals surface area contributed by atoms with Crippen molar-refractivity contribution in [1.82, 2.24) is 10.2 Å². The van der Waals surface area contributed by atoms with E-state index < -0.39 is 0 Å². The van der Waals surface area contributed by atoms with Crippen molar-refractivity contribution in [2.45, 2.75) is 64.0 Å². The first-order chi connectivity index (χ1) is 12.2. The first-order valence-corrected chi connectivity index (χ1v) is 9.97. The number of nitrogens with zero attached hydrogens (tertiary/aromatic N) is 1. The standard InChI is InChI=1S/C21H30N2O2/c1-15(18-7-6-17-4-2-3-5-19(17)12-18)22-21(24)23(20-8-9-20)13-16-10-11-25-14-16/h6-7,12,15-16,20H,2-5,8-11,13-14H2,1H3,(H,22,24). The molecule has 0 spiro atoms. The minimum Gasteiger partial charge on any atom is -0.381 e. The van der Waals surface area contributed by atoms with Gasteiger partial charge in [0.2, 0.25) is 0 Å². The summed E-state index contributed by atoms with van der Waals surface area (Å²) in [7, 11) is 0. The Balaban J connectivity index is 1.40. The van der Waals surface area contributed by atoms with E-state index in [9.17, 15) is 4.79 Å². The molecule has 4 rings (SSSR count). The highest BCUT2D eigenvalue weighted by molar-refractivity contribution is 5.75. The lowest BCUT2D eigenvalue weighted by Crippen LogP contribution is -2.44. The number of amides is 2. The molecule has 136 valence electrons. The van der Waals surface area contributed by atoms with Crippen molar-refractivity contribution >= 4 is 6.03 Å².